The number of nitrogens with zero attached hydrogens (tertiary/aromatic N) is 3. The van der Waals surface area contributed by atoms with Gasteiger partial charge >= 0.3 is 11.9 Å². The van der Waals surface area contributed by atoms with E-state index in [4.69, 9.17) is 0 Å². The molecule has 2 heterocycles. The van der Waals surface area contributed by atoms with E-state index in [0.29, 0.717) is 29.3 Å². The van der Waals surface area contributed by atoms with Gasteiger partial charge in [-0.15, -0.1) is 0 Å². The van der Waals surface area contributed by atoms with Gasteiger partial charge in [0, 0.05) is 12.6 Å². The number of imidazole rings is 1. The summed E-state index contributed by atoms with van der Waals surface area (Å²) in [5, 5.41) is 19.3. The Bertz CT molecular complexity index is 1440. The molecule has 0 saturated heterocycles. The van der Waals surface area contributed by atoms with Crippen LogP contribution in [0.1, 0.15) is 23.5 Å². The molecule has 1 aromatic heterocycles. The third-order valence-corrected chi connectivity index (χ3v) is 5.19. The lowest BCUT2D eigenvalue weighted by Crippen LogP contribution is -2.04. The molecule has 0 unspecified atom stereocenters. The maximum atomic E-state index is 11.8. The number of benzene rings is 2. The van der Waals surface area contributed by atoms with Crippen molar-refractivity contribution in [3.05, 3.63) is 120 Å². The minimum absolute atomic E-state index is 0.00590. The lowest BCUT2D eigenvalue weighted by atomic mass is 10.1. The molecule has 0 radical (unpaired) electrons. The number of hydrogen-bond acceptors (Lipinski definition) is 5. The summed E-state index contributed by atoms with van der Waals surface area (Å²) < 4.78 is 0. The summed E-state index contributed by atoms with van der Waals surface area (Å²) in [5.41, 5.74) is 2.79. The first kappa shape index (κ1) is 24.0. The van der Waals surface area contributed by atoms with Crippen molar-refractivity contribution in [1.29, 1.82) is 0 Å². The molecule has 2 aromatic carbocycles. The number of hydrogen-bond donors (Lipinski definition) is 3. The fraction of sp³-hybridized carbons (Fsp3) is 0.0357. The van der Waals surface area contributed by atoms with Gasteiger partial charge in [0.25, 0.3) is 0 Å². The number of carboxylic acid groups (broad SMARTS) is 2. The average molecular weight is 479 g/mol. The molecule has 3 N–H and O–H groups in total. The minimum atomic E-state index is -1.13. The molecule has 36 heavy (non-hydrogen) atoms. The number of H-pyrrole nitrogens is 1. The Kier molecular flexibility index (Phi) is 7.57. The molecule has 178 valence electrons. The van der Waals surface area contributed by atoms with Crippen molar-refractivity contribution in [1.82, 2.24) is 9.97 Å². The Balaban J connectivity index is 1.52. The van der Waals surface area contributed by atoms with E-state index in [1.165, 1.54) is 24.6 Å². The molecule has 3 aromatic rings. The third kappa shape index (κ3) is 6.06. The first-order chi connectivity index (χ1) is 17.5. The van der Waals surface area contributed by atoms with Crippen molar-refractivity contribution in [3.8, 4) is 0 Å². The van der Waals surface area contributed by atoms with Crippen LogP contribution in [0.2, 0.25) is 0 Å². The van der Waals surface area contributed by atoms with Crippen LogP contribution in [-0.4, -0.2) is 44.0 Å². The molecule has 8 nitrogen and oxygen atoms in total. The molecule has 0 saturated carbocycles. The van der Waals surface area contributed by atoms with Crippen LogP contribution in [0.15, 0.2) is 112 Å². The number of aliphatic imine (C=N–C) groups is 2. The highest BCUT2D eigenvalue weighted by atomic mass is 16.4. The lowest BCUT2D eigenvalue weighted by molar-refractivity contribution is -0.132. The highest BCUT2D eigenvalue weighted by Crippen LogP contribution is 2.23. The molecule has 0 bridgehead atoms. The number of carboxylic acids is 2. The SMILES string of the molecule is O=C(O)/C(=C\C=Nc1ccccc1)C1=CCC(c2ncc(/C(=C/C=C/c3ccccc3)C(=O)O)[nH]2)=N1. The van der Waals surface area contributed by atoms with Crippen molar-refractivity contribution < 1.29 is 19.8 Å². The Morgan fingerprint density at radius 1 is 0.917 bits per heavy atom. The number of allylic oxidation sites excluding steroid dienone is 4. The summed E-state index contributed by atoms with van der Waals surface area (Å²) in [7, 11) is 0. The summed E-state index contributed by atoms with van der Waals surface area (Å²) in [6.45, 7) is 0. The van der Waals surface area contributed by atoms with E-state index in [9.17, 15) is 19.8 Å². The zero-order chi connectivity index (χ0) is 25.3. The first-order valence-electron chi connectivity index (χ1n) is 11.0. The van der Waals surface area contributed by atoms with Crippen LogP contribution in [0.25, 0.3) is 11.6 Å². The van der Waals surface area contributed by atoms with Crippen molar-refractivity contribution in [2.75, 3.05) is 0 Å². The highest BCUT2D eigenvalue weighted by molar-refractivity contribution is 6.15. The fourth-order valence-corrected chi connectivity index (χ4v) is 3.43. The number of carbonyl (C=O) groups is 2. The molecule has 0 fully saturated rings. The van der Waals surface area contributed by atoms with E-state index in [2.05, 4.69) is 20.0 Å². The Morgan fingerprint density at radius 3 is 2.31 bits per heavy atom. The third-order valence-electron chi connectivity index (χ3n) is 5.19. The van der Waals surface area contributed by atoms with Crippen LogP contribution in [-0.2, 0) is 9.59 Å². The van der Waals surface area contributed by atoms with E-state index in [-0.39, 0.29) is 16.8 Å². The van der Waals surface area contributed by atoms with E-state index in [1.54, 1.807) is 18.2 Å². The number of aliphatic carboxylic acids is 2. The van der Waals surface area contributed by atoms with Gasteiger partial charge in [-0.3, -0.25) is 4.99 Å². The molecule has 0 amide bonds. The van der Waals surface area contributed by atoms with Crippen molar-refractivity contribution in [2.45, 2.75) is 6.42 Å². The van der Waals surface area contributed by atoms with Crippen molar-refractivity contribution in [3.63, 3.8) is 0 Å². The molecule has 0 spiro atoms. The number of aromatic amines is 1. The fourth-order valence-electron chi connectivity index (χ4n) is 3.43. The molecule has 1 aliphatic heterocycles. The van der Waals surface area contributed by atoms with Gasteiger partial charge in [-0.1, -0.05) is 66.8 Å². The standard InChI is InChI=1S/C28H22N4O4/c33-27(34)21(13-7-10-19-8-3-1-4-9-19)25-18-30-26(32-25)24-15-14-23(31-24)22(28(35)36)16-17-29-20-11-5-2-6-12-20/h1-14,16-18H,15H2,(H,30,32)(H,33,34)(H,35,36)/b10-7+,21-13-,22-16-,29-17?. The van der Waals surface area contributed by atoms with Crippen LogP contribution < -0.4 is 0 Å². The van der Waals surface area contributed by atoms with Crippen LogP contribution in [0.3, 0.4) is 0 Å². The Labute approximate surface area is 207 Å². The number of rotatable bonds is 9. The predicted molar refractivity (Wildman–Crippen MR) is 139 cm³/mol. The molecule has 4 rings (SSSR count). The van der Waals surface area contributed by atoms with E-state index >= 15 is 0 Å². The molecule has 8 heteroatoms. The van der Waals surface area contributed by atoms with Crippen LogP contribution in [0, 0.1) is 0 Å². The first-order valence-corrected chi connectivity index (χ1v) is 11.0. The normalized spacial score (nSPS) is 14.3. The summed E-state index contributed by atoms with van der Waals surface area (Å²) in [5.74, 6) is -1.87. The largest absolute Gasteiger partial charge is 0.478 e. The number of para-hydroxylation sites is 1. The van der Waals surface area contributed by atoms with Gasteiger partial charge in [0.1, 0.15) is 0 Å². The summed E-state index contributed by atoms with van der Waals surface area (Å²) in [6.07, 6.45) is 11.2. The number of aromatic nitrogens is 2. The Hall–Kier alpha value is -5.11. The van der Waals surface area contributed by atoms with Gasteiger partial charge in [-0.05, 0) is 29.8 Å². The Morgan fingerprint density at radius 2 is 1.61 bits per heavy atom. The quantitative estimate of drug-likeness (QED) is 0.224. The zero-order valence-corrected chi connectivity index (χ0v) is 19.1. The number of nitrogens with one attached hydrogen (secondary N) is 1. The second-order valence-electron chi connectivity index (χ2n) is 7.65. The van der Waals surface area contributed by atoms with E-state index < -0.39 is 11.9 Å². The molecular weight excluding hydrogens is 456 g/mol. The van der Waals surface area contributed by atoms with E-state index in [1.807, 2.05) is 60.7 Å². The van der Waals surface area contributed by atoms with Crippen molar-refractivity contribution in [2.24, 2.45) is 9.98 Å². The van der Waals surface area contributed by atoms with Gasteiger partial charge in [-0.2, -0.15) is 0 Å². The van der Waals surface area contributed by atoms with Gasteiger partial charge in [-0.25, -0.2) is 19.6 Å². The lowest BCUT2D eigenvalue weighted by Gasteiger charge is -2.00. The van der Waals surface area contributed by atoms with Crippen LogP contribution in [0.4, 0.5) is 5.69 Å². The van der Waals surface area contributed by atoms with Gasteiger partial charge in [0.2, 0.25) is 0 Å². The zero-order valence-electron chi connectivity index (χ0n) is 19.1. The van der Waals surface area contributed by atoms with Crippen LogP contribution in [0.5, 0.6) is 0 Å². The summed E-state index contributed by atoms with van der Waals surface area (Å²) in [4.78, 5) is 39.5. The average Bonchev–Trinajstić information content (AvgIpc) is 3.55. The second-order valence-corrected chi connectivity index (χ2v) is 7.65. The van der Waals surface area contributed by atoms with Gasteiger partial charge in [0.15, 0.2) is 5.82 Å². The summed E-state index contributed by atoms with van der Waals surface area (Å²) >= 11 is 0. The van der Waals surface area contributed by atoms with Gasteiger partial charge in [0.05, 0.1) is 40.1 Å². The molecular formula is C28H22N4O4. The van der Waals surface area contributed by atoms with Gasteiger partial charge < -0.3 is 15.2 Å². The van der Waals surface area contributed by atoms with E-state index in [0.717, 1.165) is 5.56 Å². The van der Waals surface area contributed by atoms with Crippen molar-refractivity contribution >= 4 is 41.2 Å². The predicted octanol–water partition coefficient (Wildman–Crippen LogP) is 5.08. The maximum Gasteiger partial charge on any atom is 0.337 e. The van der Waals surface area contributed by atoms with Crippen LogP contribution >= 0.6 is 0 Å². The second kappa shape index (κ2) is 11.3. The smallest absolute Gasteiger partial charge is 0.337 e. The maximum absolute atomic E-state index is 11.8. The molecule has 0 aliphatic carbocycles. The summed E-state index contributed by atoms with van der Waals surface area (Å²) in [6, 6.07) is 18.7. The topological polar surface area (TPSA) is 128 Å². The minimum Gasteiger partial charge on any atom is -0.478 e. The molecule has 1 aliphatic rings. The monoisotopic (exact) mass is 478 g/mol. The molecule has 0 atom stereocenters. The highest BCUT2D eigenvalue weighted by Gasteiger charge is 2.21.